The summed E-state index contributed by atoms with van der Waals surface area (Å²) in [6, 6.07) is 2.29. The Kier molecular flexibility index (Phi) is 3.12. The maximum Gasteiger partial charge on any atom is 0.433 e. The van der Waals surface area contributed by atoms with Gasteiger partial charge in [0.1, 0.15) is 11.5 Å². The lowest BCUT2D eigenvalue weighted by atomic mass is 10.0. The Morgan fingerprint density at radius 1 is 1.16 bits per heavy atom. The van der Waals surface area contributed by atoms with Gasteiger partial charge in [0.05, 0.1) is 5.52 Å². The predicted molar refractivity (Wildman–Crippen MR) is 65.7 cm³/mol. The number of alkyl halides is 3. The van der Waals surface area contributed by atoms with E-state index in [2.05, 4.69) is 10.3 Å². The van der Waals surface area contributed by atoms with E-state index < -0.39 is 17.7 Å². The average Bonchev–Trinajstić information content (AvgIpc) is 2.27. The van der Waals surface area contributed by atoms with Gasteiger partial charge in [-0.3, -0.25) is 0 Å². The number of benzene rings is 1. The van der Waals surface area contributed by atoms with E-state index in [0.29, 0.717) is 16.6 Å². The molecule has 1 aromatic carbocycles. The fourth-order valence-corrected chi connectivity index (χ4v) is 2.24. The largest absolute Gasteiger partial charge is 0.433 e. The van der Waals surface area contributed by atoms with E-state index in [4.69, 9.17) is 0 Å². The van der Waals surface area contributed by atoms with Gasteiger partial charge in [-0.25, -0.2) is 9.37 Å². The molecule has 0 aliphatic heterocycles. The summed E-state index contributed by atoms with van der Waals surface area (Å²) in [6.45, 7) is 2.99. The van der Waals surface area contributed by atoms with Gasteiger partial charge in [0.15, 0.2) is 0 Å². The molecule has 102 valence electrons. The highest BCUT2D eigenvalue weighted by atomic mass is 19.4. The monoisotopic (exact) mass is 272 g/mol. The summed E-state index contributed by atoms with van der Waals surface area (Å²) < 4.78 is 52.1. The standard InChI is InChI=1S/C13H12F4N2/c1-6-4-8(14)5-9-10(6)11(18-3)7(2)12(19-9)13(15,16)17/h4-5H,1-3H3,(H,18,19). The Labute approximate surface area is 107 Å². The molecule has 1 N–H and O–H groups in total. The molecule has 1 aromatic heterocycles. The van der Waals surface area contributed by atoms with Crippen LogP contribution < -0.4 is 5.32 Å². The van der Waals surface area contributed by atoms with Crippen molar-refractivity contribution >= 4 is 16.6 Å². The number of aromatic nitrogens is 1. The zero-order valence-corrected chi connectivity index (χ0v) is 10.6. The molecular weight excluding hydrogens is 260 g/mol. The van der Waals surface area contributed by atoms with Gasteiger partial charge >= 0.3 is 6.18 Å². The Hall–Kier alpha value is -1.85. The second-order valence-corrected chi connectivity index (χ2v) is 4.32. The van der Waals surface area contributed by atoms with Crippen molar-refractivity contribution in [3.8, 4) is 0 Å². The molecular formula is C13H12F4N2. The number of halogens is 4. The first kappa shape index (κ1) is 13.6. The molecule has 0 fully saturated rings. The topological polar surface area (TPSA) is 24.9 Å². The first-order valence-corrected chi connectivity index (χ1v) is 5.61. The van der Waals surface area contributed by atoms with Crippen LogP contribution in [0.4, 0.5) is 23.2 Å². The van der Waals surface area contributed by atoms with Crippen molar-refractivity contribution < 1.29 is 17.6 Å². The van der Waals surface area contributed by atoms with Gasteiger partial charge in [0.25, 0.3) is 0 Å². The number of anilines is 1. The van der Waals surface area contributed by atoms with Crippen molar-refractivity contribution in [3.05, 3.63) is 34.8 Å². The Morgan fingerprint density at radius 3 is 2.32 bits per heavy atom. The smallest absolute Gasteiger partial charge is 0.387 e. The third-order valence-corrected chi connectivity index (χ3v) is 3.01. The van der Waals surface area contributed by atoms with Crippen LogP contribution in [0, 0.1) is 19.7 Å². The lowest BCUT2D eigenvalue weighted by Gasteiger charge is -2.17. The van der Waals surface area contributed by atoms with Crippen LogP contribution in [0.2, 0.25) is 0 Å². The molecule has 0 unspecified atom stereocenters. The van der Waals surface area contributed by atoms with Crippen LogP contribution in [-0.2, 0) is 6.18 Å². The van der Waals surface area contributed by atoms with Crippen LogP contribution >= 0.6 is 0 Å². The molecule has 0 aliphatic carbocycles. The first-order valence-electron chi connectivity index (χ1n) is 5.61. The van der Waals surface area contributed by atoms with Crippen LogP contribution in [0.15, 0.2) is 12.1 Å². The third kappa shape index (κ3) is 2.22. The highest BCUT2D eigenvalue weighted by Crippen LogP contribution is 2.38. The molecule has 6 heteroatoms. The van der Waals surface area contributed by atoms with Crippen molar-refractivity contribution in [2.24, 2.45) is 0 Å². The van der Waals surface area contributed by atoms with Crippen molar-refractivity contribution in [1.29, 1.82) is 0 Å². The zero-order valence-electron chi connectivity index (χ0n) is 10.6. The first-order chi connectivity index (χ1) is 8.75. The summed E-state index contributed by atoms with van der Waals surface area (Å²) in [6.07, 6.45) is -4.57. The second kappa shape index (κ2) is 4.36. The van der Waals surface area contributed by atoms with Crippen molar-refractivity contribution in [3.63, 3.8) is 0 Å². The van der Waals surface area contributed by atoms with E-state index in [0.717, 1.165) is 6.07 Å². The van der Waals surface area contributed by atoms with E-state index in [1.54, 1.807) is 6.92 Å². The quantitative estimate of drug-likeness (QED) is 0.792. The number of rotatable bonds is 1. The SMILES string of the molecule is CNc1c(C)c(C(F)(F)F)nc2cc(F)cc(C)c12. The van der Waals surface area contributed by atoms with Gasteiger partial charge in [0.2, 0.25) is 0 Å². The molecule has 2 rings (SSSR count). The Bertz CT molecular complexity index is 647. The summed E-state index contributed by atoms with van der Waals surface area (Å²) in [5, 5.41) is 3.26. The van der Waals surface area contributed by atoms with Crippen molar-refractivity contribution in [2.45, 2.75) is 20.0 Å². The van der Waals surface area contributed by atoms with Gasteiger partial charge < -0.3 is 5.32 Å². The zero-order chi connectivity index (χ0) is 14.4. The second-order valence-electron chi connectivity index (χ2n) is 4.32. The fourth-order valence-electron chi connectivity index (χ4n) is 2.24. The molecule has 0 radical (unpaired) electrons. The van der Waals surface area contributed by atoms with Crippen LogP contribution in [0.1, 0.15) is 16.8 Å². The molecule has 0 amide bonds. The number of fused-ring (bicyclic) bond motifs is 1. The van der Waals surface area contributed by atoms with Crippen molar-refractivity contribution in [1.82, 2.24) is 4.98 Å². The lowest BCUT2D eigenvalue weighted by Crippen LogP contribution is -2.13. The number of aryl methyl sites for hydroxylation is 1. The number of pyridine rings is 1. The van der Waals surface area contributed by atoms with Crippen LogP contribution in [0.5, 0.6) is 0 Å². The van der Waals surface area contributed by atoms with Gasteiger partial charge in [-0.15, -0.1) is 0 Å². The van der Waals surface area contributed by atoms with Gasteiger partial charge in [-0.1, -0.05) is 0 Å². The van der Waals surface area contributed by atoms with Crippen LogP contribution in [-0.4, -0.2) is 12.0 Å². The minimum absolute atomic E-state index is 0.000208. The van der Waals surface area contributed by atoms with Gasteiger partial charge in [-0.05, 0) is 25.5 Å². The maximum atomic E-state index is 13.3. The minimum Gasteiger partial charge on any atom is -0.387 e. The normalized spacial score (nSPS) is 11.9. The molecule has 1 heterocycles. The molecule has 0 spiro atoms. The van der Waals surface area contributed by atoms with Gasteiger partial charge in [-0.2, -0.15) is 13.2 Å². The Morgan fingerprint density at radius 2 is 1.79 bits per heavy atom. The van der Waals surface area contributed by atoms with E-state index >= 15 is 0 Å². The summed E-state index contributed by atoms with van der Waals surface area (Å²) >= 11 is 0. The van der Waals surface area contributed by atoms with E-state index in [1.165, 1.54) is 20.0 Å². The highest BCUT2D eigenvalue weighted by Gasteiger charge is 2.36. The molecule has 2 aromatic rings. The van der Waals surface area contributed by atoms with E-state index in [9.17, 15) is 17.6 Å². The third-order valence-electron chi connectivity index (χ3n) is 3.01. The molecule has 2 nitrogen and oxygen atoms in total. The fraction of sp³-hybridized carbons (Fsp3) is 0.308. The number of hydrogen-bond donors (Lipinski definition) is 1. The average molecular weight is 272 g/mol. The van der Waals surface area contributed by atoms with E-state index in [-0.39, 0.29) is 11.1 Å². The van der Waals surface area contributed by atoms with Gasteiger partial charge in [0, 0.05) is 29.8 Å². The van der Waals surface area contributed by atoms with Crippen LogP contribution in [0.25, 0.3) is 10.9 Å². The lowest BCUT2D eigenvalue weighted by molar-refractivity contribution is -0.141. The molecule has 0 saturated carbocycles. The molecule has 0 aliphatic rings. The summed E-state index contributed by atoms with van der Waals surface area (Å²) in [5.41, 5.74) is -0.107. The maximum absolute atomic E-state index is 13.3. The Balaban J connectivity index is 2.95. The highest BCUT2D eigenvalue weighted by molar-refractivity contribution is 5.96. The van der Waals surface area contributed by atoms with E-state index in [1.807, 2.05) is 0 Å². The predicted octanol–water partition coefficient (Wildman–Crippen LogP) is 4.05. The summed E-state index contributed by atoms with van der Waals surface area (Å²) in [4.78, 5) is 3.57. The number of hydrogen-bond acceptors (Lipinski definition) is 2. The summed E-state index contributed by atoms with van der Waals surface area (Å²) in [7, 11) is 1.53. The molecule has 19 heavy (non-hydrogen) atoms. The molecule has 0 atom stereocenters. The van der Waals surface area contributed by atoms with Crippen LogP contribution in [0.3, 0.4) is 0 Å². The molecule has 0 bridgehead atoms. The summed E-state index contributed by atoms with van der Waals surface area (Å²) in [5.74, 6) is -0.600. The number of nitrogens with one attached hydrogen (secondary N) is 1. The number of nitrogens with zero attached hydrogens (tertiary/aromatic N) is 1. The van der Waals surface area contributed by atoms with Crippen molar-refractivity contribution in [2.75, 3.05) is 12.4 Å². The molecule has 0 saturated heterocycles. The minimum atomic E-state index is -4.57.